The van der Waals surface area contributed by atoms with Crippen molar-refractivity contribution in [1.82, 2.24) is 25.8 Å². The number of nitrogens with one attached hydrogen (secondary N) is 3. The summed E-state index contributed by atoms with van der Waals surface area (Å²) in [5.41, 5.74) is 7.65. The van der Waals surface area contributed by atoms with Crippen LogP contribution in [0.25, 0.3) is 22.6 Å². The van der Waals surface area contributed by atoms with Crippen LogP contribution in [0.1, 0.15) is 34.2 Å². The van der Waals surface area contributed by atoms with Crippen LogP contribution in [0.15, 0.2) is 77.5 Å². The van der Waals surface area contributed by atoms with E-state index in [2.05, 4.69) is 49.3 Å². The first-order valence-electron chi connectivity index (χ1n) is 16.7. The summed E-state index contributed by atoms with van der Waals surface area (Å²) < 4.78 is 18.3. The molecule has 2 aromatic heterocycles. The smallest absolute Gasteiger partial charge is 0.320 e. The van der Waals surface area contributed by atoms with Gasteiger partial charge in [0.2, 0.25) is 5.89 Å². The van der Waals surface area contributed by atoms with Crippen molar-refractivity contribution in [2.45, 2.75) is 39.5 Å². The van der Waals surface area contributed by atoms with E-state index in [1.807, 2.05) is 56.3 Å². The number of benzene rings is 3. The van der Waals surface area contributed by atoms with Gasteiger partial charge in [-0.3, -0.25) is 4.98 Å². The van der Waals surface area contributed by atoms with Gasteiger partial charge in [0.15, 0.2) is 0 Å². The molecule has 0 aliphatic heterocycles. The number of ether oxygens (including phenoxy) is 2. The van der Waals surface area contributed by atoms with Gasteiger partial charge in [-0.05, 0) is 85.5 Å². The normalized spacial score (nSPS) is 11.6. The molecule has 0 saturated heterocycles. The van der Waals surface area contributed by atoms with E-state index < -0.39 is 6.10 Å². The number of nitrogens with zero attached hydrogens (tertiary/aromatic N) is 4. The Kier molecular flexibility index (Phi) is 13.4. The predicted octanol–water partition coefficient (Wildman–Crippen LogP) is 4.40. The number of anilines is 2. The molecule has 13 heteroatoms. The second kappa shape index (κ2) is 18.6. The fraction of sp³-hybridized carbons (Fsp3) is 0.316. The minimum absolute atomic E-state index is 0.00313. The van der Waals surface area contributed by atoms with Gasteiger partial charge in [0.25, 0.3) is 0 Å². The largest absolute Gasteiger partial charge is 0.493 e. The van der Waals surface area contributed by atoms with Crippen LogP contribution < -0.4 is 25.4 Å². The van der Waals surface area contributed by atoms with Crippen LogP contribution in [0, 0.1) is 25.2 Å². The van der Waals surface area contributed by atoms with Gasteiger partial charge in [0.05, 0.1) is 31.5 Å². The monoisotopic (exact) mass is 693 g/mol. The number of rotatable bonds is 19. The Hall–Kier alpha value is -5.36. The number of hydrogen-bond acceptors (Lipinski definition) is 13. The first kappa shape index (κ1) is 36.9. The van der Waals surface area contributed by atoms with Crippen molar-refractivity contribution in [2.75, 3.05) is 44.8 Å². The predicted molar refractivity (Wildman–Crippen MR) is 193 cm³/mol. The Morgan fingerprint density at radius 1 is 0.882 bits per heavy atom. The number of aliphatic hydroxyl groups is 3. The van der Waals surface area contributed by atoms with E-state index >= 15 is 0 Å². The lowest BCUT2D eigenvalue weighted by molar-refractivity contribution is 0.0942. The molecule has 2 heterocycles. The Morgan fingerprint density at radius 3 is 2.49 bits per heavy atom. The summed E-state index contributed by atoms with van der Waals surface area (Å²) in [6.45, 7) is 6.42. The van der Waals surface area contributed by atoms with E-state index in [4.69, 9.17) is 19.0 Å². The summed E-state index contributed by atoms with van der Waals surface area (Å²) >= 11 is 0. The fourth-order valence-corrected chi connectivity index (χ4v) is 5.47. The van der Waals surface area contributed by atoms with Crippen molar-refractivity contribution in [3.05, 3.63) is 101 Å². The summed E-state index contributed by atoms with van der Waals surface area (Å²) in [6, 6.07) is 21.6. The van der Waals surface area contributed by atoms with Crippen LogP contribution in [-0.2, 0) is 13.2 Å². The van der Waals surface area contributed by atoms with E-state index in [0.717, 1.165) is 51.1 Å². The van der Waals surface area contributed by atoms with Crippen LogP contribution in [0.5, 0.6) is 11.5 Å². The fourth-order valence-electron chi connectivity index (χ4n) is 5.47. The van der Waals surface area contributed by atoms with E-state index in [-0.39, 0.29) is 25.8 Å². The maximum atomic E-state index is 9.47. The highest BCUT2D eigenvalue weighted by molar-refractivity contribution is 5.78. The molecule has 3 aromatic carbocycles. The van der Waals surface area contributed by atoms with Crippen molar-refractivity contribution >= 4 is 11.7 Å². The third-order valence-corrected chi connectivity index (χ3v) is 8.14. The molecule has 0 fully saturated rings. The third-order valence-electron chi connectivity index (χ3n) is 8.14. The molecular formula is C38H43N7O6. The van der Waals surface area contributed by atoms with Crippen molar-refractivity contribution in [1.29, 1.82) is 5.26 Å². The Labute approximate surface area is 296 Å². The van der Waals surface area contributed by atoms with Crippen molar-refractivity contribution in [3.8, 4) is 40.1 Å². The van der Waals surface area contributed by atoms with Crippen molar-refractivity contribution in [2.24, 2.45) is 0 Å². The Morgan fingerprint density at radius 2 is 1.69 bits per heavy atom. The number of hydrogen-bond donors (Lipinski definition) is 6. The standard InChI is InChI=1S/C38H43N7O6/c1-25-32(33-7-4-9-35(26(33)2)49-15-5-12-40-22-31(48)23-47)6-3-8-34(25)37-44-45-38(51-37)43-30-10-11-36(29(17-30)21-41-13-14-46)50-24-28-16-27(18-39)19-42-20-28/h3-4,6-11,16-17,19-20,31,40-41,46-48H,5,12-15,21-24H2,1-2H3,(H,43,45)/t31-/m0/s1. The average molecular weight is 694 g/mol. The maximum absolute atomic E-state index is 9.47. The molecule has 1 atom stereocenters. The molecule has 0 amide bonds. The van der Waals surface area contributed by atoms with Crippen LogP contribution in [0.3, 0.4) is 0 Å². The molecule has 266 valence electrons. The van der Waals surface area contributed by atoms with Crippen LogP contribution in [0.4, 0.5) is 11.7 Å². The maximum Gasteiger partial charge on any atom is 0.320 e. The first-order valence-corrected chi connectivity index (χ1v) is 16.7. The summed E-state index contributed by atoms with van der Waals surface area (Å²) in [6.07, 6.45) is 3.16. The third kappa shape index (κ3) is 10.1. The van der Waals surface area contributed by atoms with Gasteiger partial charge in [-0.25, -0.2) is 0 Å². The molecule has 5 rings (SSSR count). The highest BCUT2D eigenvalue weighted by Gasteiger charge is 2.17. The van der Waals surface area contributed by atoms with Crippen LogP contribution in [0.2, 0.25) is 0 Å². The van der Waals surface area contributed by atoms with E-state index in [1.165, 1.54) is 6.20 Å². The van der Waals surface area contributed by atoms with Gasteiger partial charge in [0.1, 0.15) is 24.2 Å². The minimum Gasteiger partial charge on any atom is -0.493 e. The van der Waals surface area contributed by atoms with Crippen molar-refractivity contribution in [3.63, 3.8) is 0 Å². The van der Waals surface area contributed by atoms with Gasteiger partial charge in [-0.1, -0.05) is 29.4 Å². The van der Waals surface area contributed by atoms with Gasteiger partial charge >= 0.3 is 6.01 Å². The highest BCUT2D eigenvalue weighted by Crippen LogP contribution is 2.36. The molecule has 0 aliphatic carbocycles. The number of aliphatic hydroxyl groups excluding tert-OH is 3. The summed E-state index contributed by atoms with van der Waals surface area (Å²) in [4.78, 5) is 4.10. The van der Waals surface area contributed by atoms with Crippen LogP contribution >= 0.6 is 0 Å². The van der Waals surface area contributed by atoms with E-state index in [9.17, 15) is 15.5 Å². The summed E-state index contributed by atoms with van der Waals surface area (Å²) in [5, 5.41) is 55.0. The van der Waals surface area contributed by atoms with Crippen LogP contribution in [-0.4, -0.2) is 76.1 Å². The lowest BCUT2D eigenvalue weighted by atomic mass is 9.93. The summed E-state index contributed by atoms with van der Waals surface area (Å²) in [5.74, 6) is 1.81. The second-order valence-corrected chi connectivity index (χ2v) is 11.9. The molecular weight excluding hydrogens is 650 g/mol. The second-order valence-electron chi connectivity index (χ2n) is 11.9. The number of pyridine rings is 1. The zero-order valence-electron chi connectivity index (χ0n) is 28.7. The molecule has 5 aromatic rings. The molecule has 13 nitrogen and oxygen atoms in total. The molecule has 0 saturated carbocycles. The quantitative estimate of drug-likeness (QED) is 0.0668. The molecule has 0 aliphatic rings. The molecule has 51 heavy (non-hydrogen) atoms. The number of aromatic nitrogens is 3. The minimum atomic E-state index is -0.762. The first-order chi connectivity index (χ1) is 24.9. The zero-order chi connectivity index (χ0) is 36.0. The topological polar surface area (TPSA) is 191 Å². The van der Waals surface area contributed by atoms with Gasteiger partial charge in [-0.15, -0.1) is 5.10 Å². The van der Waals surface area contributed by atoms with E-state index in [0.29, 0.717) is 55.7 Å². The number of nitriles is 1. The molecule has 0 unspecified atom stereocenters. The molecule has 0 bridgehead atoms. The van der Waals surface area contributed by atoms with Gasteiger partial charge in [0, 0.05) is 54.4 Å². The van der Waals surface area contributed by atoms with Gasteiger partial charge < -0.3 is 45.2 Å². The zero-order valence-corrected chi connectivity index (χ0v) is 28.7. The van der Waals surface area contributed by atoms with Gasteiger partial charge in [-0.2, -0.15) is 5.26 Å². The average Bonchev–Trinajstić information content (AvgIpc) is 3.61. The molecule has 0 spiro atoms. The van der Waals surface area contributed by atoms with Crippen molar-refractivity contribution < 1.29 is 29.2 Å². The SMILES string of the molecule is Cc1c(OCCCNC[C@H](O)CO)cccc1-c1cccc(-c2nnc(Nc3ccc(OCc4cncc(C#N)c4)c(CNCCO)c3)o2)c1C. The summed E-state index contributed by atoms with van der Waals surface area (Å²) in [7, 11) is 0. The van der Waals surface area contributed by atoms with E-state index in [1.54, 1.807) is 12.3 Å². The Bertz CT molecular complexity index is 1930. The molecule has 6 N–H and O–H groups in total. The Balaban J connectivity index is 1.27. The lowest BCUT2D eigenvalue weighted by Crippen LogP contribution is -2.30. The highest BCUT2D eigenvalue weighted by atomic mass is 16.5. The lowest BCUT2D eigenvalue weighted by Gasteiger charge is -2.16. The molecule has 0 radical (unpaired) electrons.